The minimum Gasteiger partial charge on any atom is -0.303 e. The molecule has 192 valence electrons. The Morgan fingerprint density at radius 2 is 0.861 bits per heavy atom. The lowest BCUT2D eigenvalue weighted by Gasteiger charge is -2.32. The molecule has 4 N–H and O–H groups in total. The Morgan fingerprint density at radius 1 is 0.583 bits per heavy atom. The fraction of sp³-hybridized carbons (Fsp3) is 0.300. The van der Waals surface area contributed by atoms with E-state index in [2.05, 4.69) is 9.05 Å². The molecule has 2 aromatic rings. The fourth-order valence-electron chi connectivity index (χ4n) is 4.19. The summed E-state index contributed by atoms with van der Waals surface area (Å²) >= 11 is 0. The molecule has 14 nitrogen and oxygen atoms in total. The second kappa shape index (κ2) is 9.58. The van der Waals surface area contributed by atoms with Crippen LogP contribution < -0.4 is 0 Å². The maximum absolute atomic E-state index is 13.1. The van der Waals surface area contributed by atoms with Gasteiger partial charge < -0.3 is 19.6 Å². The Kier molecular flexibility index (Phi) is 6.99. The third-order valence-electron chi connectivity index (χ3n) is 5.63. The molecule has 0 atom stereocenters. The van der Waals surface area contributed by atoms with Gasteiger partial charge in [0.15, 0.2) is 0 Å². The number of benzene rings is 2. The summed E-state index contributed by atoms with van der Waals surface area (Å²) in [5.41, 5.74) is 0.353. The van der Waals surface area contributed by atoms with E-state index < -0.39 is 39.3 Å². The zero-order valence-electron chi connectivity index (χ0n) is 18.4. The second-order valence-electron chi connectivity index (χ2n) is 7.95. The standard InChI is InChI=1S/C20H20N2O12P2/c23-17-11-3-5-13-16-14(20(26)22(19(13)25)8-2-10-34-36(30,31)32)6-4-12(15(11)16)18(24)21(17)7-1-9-33-35(27,28)29/h3-6H,1-2,7-10H2,(H2,27,28,29)(H2,30,31,32). The number of rotatable bonds is 10. The van der Waals surface area contributed by atoms with Crippen LogP contribution in [-0.4, -0.2) is 79.3 Å². The first kappa shape index (κ1) is 26.3. The van der Waals surface area contributed by atoms with E-state index in [-0.39, 0.29) is 72.2 Å². The maximum atomic E-state index is 13.1. The SMILES string of the molecule is O=C1c2ccc3c4c(ccc(c24)C(=O)N1CCCOP(=O)(O)O)C(=O)N(CCCOP(=O)(O)O)C3=O. The van der Waals surface area contributed by atoms with Crippen LogP contribution >= 0.6 is 15.6 Å². The molecule has 2 aromatic carbocycles. The number of nitrogens with zero attached hydrogens (tertiary/aromatic N) is 2. The summed E-state index contributed by atoms with van der Waals surface area (Å²) in [5, 5.41) is 0.322. The molecule has 4 rings (SSSR count). The highest BCUT2D eigenvalue weighted by atomic mass is 31.2. The molecule has 0 aliphatic carbocycles. The van der Waals surface area contributed by atoms with Crippen LogP contribution in [0.3, 0.4) is 0 Å². The van der Waals surface area contributed by atoms with Gasteiger partial charge in [0, 0.05) is 46.1 Å². The molecule has 2 aliphatic heterocycles. The molecule has 2 aliphatic rings. The van der Waals surface area contributed by atoms with Crippen molar-refractivity contribution in [2.24, 2.45) is 0 Å². The quantitative estimate of drug-likeness (QED) is 0.189. The fourth-order valence-corrected chi connectivity index (χ4v) is 4.93. The molecular formula is C20H20N2O12P2. The molecule has 4 amide bonds. The average Bonchev–Trinajstić information content (AvgIpc) is 2.78. The highest BCUT2D eigenvalue weighted by Crippen LogP contribution is 2.39. The number of phosphoric acid groups is 2. The number of carbonyl (C=O) groups is 4. The van der Waals surface area contributed by atoms with Gasteiger partial charge >= 0.3 is 15.6 Å². The average molecular weight is 542 g/mol. The Bertz CT molecular complexity index is 1220. The van der Waals surface area contributed by atoms with Gasteiger partial charge in [-0.3, -0.25) is 38.0 Å². The van der Waals surface area contributed by atoms with Crippen molar-refractivity contribution < 1.29 is 56.9 Å². The van der Waals surface area contributed by atoms with Crippen LogP contribution in [0.25, 0.3) is 10.8 Å². The molecule has 0 saturated heterocycles. The molecular weight excluding hydrogens is 522 g/mol. The van der Waals surface area contributed by atoms with Gasteiger partial charge in [-0.05, 0) is 37.1 Å². The molecule has 0 bridgehead atoms. The van der Waals surface area contributed by atoms with Gasteiger partial charge in [-0.2, -0.15) is 0 Å². The van der Waals surface area contributed by atoms with E-state index in [1.165, 1.54) is 24.3 Å². The van der Waals surface area contributed by atoms with Crippen LogP contribution in [0.2, 0.25) is 0 Å². The summed E-state index contributed by atoms with van der Waals surface area (Å²) in [7, 11) is -9.39. The van der Waals surface area contributed by atoms with E-state index in [0.29, 0.717) is 0 Å². The molecule has 0 unspecified atom stereocenters. The third kappa shape index (κ3) is 5.03. The summed E-state index contributed by atoms with van der Waals surface area (Å²) in [5.74, 6) is -2.76. The lowest BCUT2D eigenvalue weighted by atomic mass is 9.86. The van der Waals surface area contributed by atoms with Crippen molar-refractivity contribution in [2.75, 3.05) is 26.3 Å². The number of carbonyl (C=O) groups excluding carboxylic acids is 4. The Balaban J connectivity index is 1.61. The lowest BCUT2D eigenvalue weighted by Crippen LogP contribution is -2.44. The zero-order valence-corrected chi connectivity index (χ0v) is 20.2. The topological polar surface area (TPSA) is 208 Å². The number of hydrogen-bond acceptors (Lipinski definition) is 8. The van der Waals surface area contributed by atoms with E-state index in [9.17, 15) is 28.3 Å². The minimum absolute atomic E-state index is 0.0328. The maximum Gasteiger partial charge on any atom is 0.469 e. The summed E-state index contributed by atoms with van der Waals surface area (Å²) in [6.45, 7) is -1.13. The van der Waals surface area contributed by atoms with E-state index in [0.717, 1.165) is 9.80 Å². The van der Waals surface area contributed by atoms with Crippen LogP contribution in [0.4, 0.5) is 0 Å². The van der Waals surface area contributed by atoms with Gasteiger partial charge in [-0.25, -0.2) is 9.13 Å². The number of amides is 4. The molecule has 0 spiro atoms. The van der Waals surface area contributed by atoms with Crippen LogP contribution in [-0.2, 0) is 18.2 Å². The molecule has 0 saturated carbocycles. The van der Waals surface area contributed by atoms with Crippen molar-refractivity contribution >= 4 is 50.0 Å². The Labute approximate surface area is 202 Å². The van der Waals surface area contributed by atoms with Gasteiger partial charge in [0.2, 0.25) is 0 Å². The van der Waals surface area contributed by atoms with Crippen molar-refractivity contribution in [3.8, 4) is 0 Å². The summed E-state index contributed by atoms with van der Waals surface area (Å²) in [6.07, 6.45) is -0.0657. The molecule has 0 aromatic heterocycles. The first-order valence-electron chi connectivity index (χ1n) is 10.5. The molecule has 0 fully saturated rings. The summed E-state index contributed by atoms with van der Waals surface area (Å²) in [6, 6.07) is 5.45. The van der Waals surface area contributed by atoms with Crippen LogP contribution in [0.1, 0.15) is 54.3 Å². The summed E-state index contributed by atoms with van der Waals surface area (Å²) in [4.78, 5) is 89.2. The van der Waals surface area contributed by atoms with Gasteiger partial charge in [0.25, 0.3) is 23.6 Å². The predicted molar refractivity (Wildman–Crippen MR) is 120 cm³/mol. The van der Waals surface area contributed by atoms with Gasteiger partial charge in [0.1, 0.15) is 0 Å². The molecule has 36 heavy (non-hydrogen) atoms. The largest absolute Gasteiger partial charge is 0.469 e. The monoisotopic (exact) mass is 542 g/mol. The highest BCUT2D eigenvalue weighted by molar-refractivity contribution is 7.46. The first-order chi connectivity index (χ1) is 16.8. The Hall–Kier alpha value is -2.80. The van der Waals surface area contributed by atoms with Crippen molar-refractivity contribution in [1.82, 2.24) is 9.80 Å². The van der Waals surface area contributed by atoms with Crippen molar-refractivity contribution in [2.45, 2.75) is 12.8 Å². The summed E-state index contributed by atoms with van der Waals surface area (Å²) < 4.78 is 30.3. The van der Waals surface area contributed by atoms with Gasteiger partial charge in [0.05, 0.1) is 13.2 Å². The van der Waals surface area contributed by atoms with Crippen LogP contribution in [0, 0.1) is 0 Å². The number of hydrogen-bond donors (Lipinski definition) is 4. The first-order valence-corrected chi connectivity index (χ1v) is 13.6. The Morgan fingerprint density at radius 3 is 1.11 bits per heavy atom. The molecule has 2 heterocycles. The van der Waals surface area contributed by atoms with E-state index in [1.54, 1.807) is 0 Å². The van der Waals surface area contributed by atoms with Crippen molar-refractivity contribution in [3.63, 3.8) is 0 Å². The van der Waals surface area contributed by atoms with Crippen LogP contribution in [0.15, 0.2) is 24.3 Å². The molecule has 16 heteroatoms. The third-order valence-corrected chi connectivity index (χ3v) is 6.67. The zero-order chi connectivity index (χ0) is 26.4. The highest BCUT2D eigenvalue weighted by Gasteiger charge is 2.39. The van der Waals surface area contributed by atoms with Crippen molar-refractivity contribution in [1.29, 1.82) is 0 Å². The normalized spacial score (nSPS) is 15.9. The van der Waals surface area contributed by atoms with Gasteiger partial charge in [-0.15, -0.1) is 0 Å². The van der Waals surface area contributed by atoms with Crippen molar-refractivity contribution in [3.05, 3.63) is 46.5 Å². The lowest BCUT2D eigenvalue weighted by molar-refractivity contribution is 0.0578. The second-order valence-corrected chi connectivity index (χ2v) is 10.4. The minimum atomic E-state index is -4.69. The number of imide groups is 2. The number of phosphoric ester groups is 2. The van der Waals surface area contributed by atoms with E-state index in [4.69, 9.17) is 19.6 Å². The van der Waals surface area contributed by atoms with Crippen LogP contribution in [0.5, 0.6) is 0 Å². The smallest absolute Gasteiger partial charge is 0.303 e. The van der Waals surface area contributed by atoms with Gasteiger partial charge in [-0.1, -0.05) is 0 Å². The van der Waals surface area contributed by atoms with E-state index in [1.807, 2.05) is 0 Å². The molecule has 0 radical (unpaired) electrons. The van der Waals surface area contributed by atoms with E-state index >= 15 is 0 Å². The predicted octanol–water partition coefficient (Wildman–Crippen LogP) is 1.03.